The fourth-order valence-corrected chi connectivity index (χ4v) is 16.5. The quantitative estimate of drug-likeness (QED) is 0.238. The summed E-state index contributed by atoms with van der Waals surface area (Å²) in [6, 6.07) is 0. The summed E-state index contributed by atoms with van der Waals surface area (Å²) in [5, 5.41) is 9.24. The zero-order valence-electron chi connectivity index (χ0n) is 25.6. The van der Waals surface area contributed by atoms with Crippen LogP contribution in [0.4, 0.5) is 0 Å². The third kappa shape index (κ3) is 4.94. The molecule has 0 aromatic carbocycles. The van der Waals surface area contributed by atoms with Crippen LogP contribution in [0.5, 0.6) is 0 Å². The fraction of sp³-hybridized carbons (Fsp3) is 0.909. The first-order valence-electron chi connectivity index (χ1n) is 15.9. The van der Waals surface area contributed by atoms with Gasteiger partial charge in [0.2, 0.25) is 8.32 Å². The zero-order chi connectivity index (χ0) is 27.3. The third-order valence-corrected chi connectivity index (χ3v) is 18.9. The molecule has 3 fully saturated rings. The van der Waals surface area contributed by atoms with Crippen LogP contribution in [0.3, 0.4) is 0 Å². The number of carboxylic acid groups (broad SMARTS) is 1. The Morgan fingerprint density at radius 2 is 1.62 bits per heavy atom. The number of carbonyl (C=O) groups is 1. The molecule has 3 saturated carbocycles. The van der Waals surface area contributed by atoms with Crippen molar-refractivity contribution < 1.29 is 14.3 Å². The smallest absolute Gasteiger partial charge is 0.303 e. The van der Waals surface area contributed by atoms with Crippen molar-refractivity contribution in [2.24, 2.45) is 40.4 Å². The minimum absolute atomic E-state index is 0.326. The Balaban J connectivity index is 1.50. The molecule has 0 amide bonds. The standard InChI is InChI=1S/C33H58O3Si/c1-21(2)37(22(3)4,23(5)6)36-26-16-18-32(8)25(20-26)11-12-27-29-14-13-28(24(7)10-15-31(34)35)33(29,9)19-17-30(27)32/h11,21-24,26-30H,10,12-20H2,1-9H3,(H,34,35)/t24-,26+,27+,28-,29+,30+,32+,33-/m1/s1. The lowest BCUT2D eigenvalue weighted by molar-refractivity contribution is -0.137. The monoisotopic (exact) mass is 530 g/mol. The number of fused-ring (bicyclic) bond motifs is 5. The highest BCUT2D eigenvalue weighted by Gasteiger charge is 2.59. The highest BCUT2D eigenvalue weighted by molar-refractivity contribution is 6.77. The Morgan fingerprint density at radius 1 is 0.973 bits per heavy atom. The molecule has 0 spiro atoms. The van der Waals surface area contributed by atoms with Gasteiger partial charge in [0.1, 0.15) is 0 Å². The summed E-state index contributed by atoms with van der Waals surface area (Å²) in [6.45, 7) is 22.0. The van der Waals surface area contributed by atoms with Gasteiger partial charge in [-0.15, -0.1) is 0 Å². The maximum absolute atomic E-state index is 11.2. The fourth-order valence-electron chi connectivity index (χ4n) is 11.0. The van der Waals surface area contributed by atoms with Crippen molar-refractivity contribution in [3.8, 4) is 0 Å². The average molecular weight is 531 g/mol. The molecule has 0 saturated heterocycles. The number of allylic oxidation sites excluding steroid dienone is 1. The summed E-state index contributed by atoms with van der Waals surface area (Å²) in [5.74, 6) is 3.03. The summed E-state index contributed by atoms with van der Waals surface area (Å²) in [6.07, 6.45) is 14.6. The number of rotatable bonds is 9. The molecule has 4 aliphatic carbocycles. The Kier molecular flexibility index (Phi) is 8.53. The predicted octanol–water partition coefficient (Wildman–Crippen LogP) is 9.63. The lowest BCUT2D eigenvalue weighted by Crippen LogP contribution is -2.53. The van der Waals surface area contributed by atoms with Crippen LogP contribution in [-0.2, 0) is 9.22 Å². The lowest BCUT2D eigenvalue weighted by Gasteiger charge is -2.59. The number of hydrogen-bond donors (Lipinski definition) is 1. The van der Waals surface area contributed by atoms with Crippen molar-refractivity contribution >= 4 is 14.3 Å². The Bertz CT molecular complexity index is 840. The molecule has 37 heavy (non-hydrogen) atoms. The van der Waals surface area contributed by atoms with Crippen LogP contribution in [0.15, 0.2) is 11.6 Å². The molecule has 0 radical (unpaired) electrons. The van der Waals surface area contributed by atoms with E-state index in [1.807, 2.05) is 0 Å². The van der Waals surface area contributed by atoms with Crippen LogP contribution in [0.1, 0.15) is 127 Å². The summed E-state index contributed by atoms with van der Waals surface area (Å²) in [5.41, 5.74) is 4.43. The second kappa shape index (κ2) is 10.8. The molecule has 0 aromatic heterocycles. The van der Waals surface area contributed by atoms with Gasteiger partial charge < -0.3 is 9.53 Å². The van der Waals surface area contributed by atoms with Gasteiger partial charge in [0.15, 0.2) is 0 Å². The summed E-state index contributed by atoms with van der Waals surface area (Å²) < 4.78 is 7.32. The van der Waals surface area contributed by atoms with Crippen molar-refractivity contribution in [1.29, 1.82) is 0 Å². The molecular weight excluding hydrogens is 472 g/mol. The number of aliphatic carboxylic acids is 1. The maximum Gasteiger partial charge on any atom is 0.303 e. The van der Waals surface area contributed by atoms with E-state index < -0.39 is 14.3 Å². The topological polar surface area (TPSA) is 46.5 Å². The predicted molar refractivity (Wildman–Crippen MR) is 157 cm³/mol. The molecule has 4 aliphatic rings. The van der Waals surface area contributed by atoms with Gasteiger partial charge in [0.05, 0.1) is 0 Å². The van der Waals surface area contributed by atoms with Gasteiger partial charge >= 0.3 is 5.97 Å². The van der Waals surface area contributed by atoms with Gasteiger partial charge in [0.25, 0.3) is 0 Å². The van der Waals surface area contributed by atoms with Crippen LogP contribution < -0.4 is 0 Å². The molecule has 212 valence electrons. The molecule has 3 nitrogen and oxygen atoms in total. The van der Waals surface area contributed by atoms with Gasteiger partial charge in [-0.1, -0.05) is 74.0 Å². The molecule has 0 heterocycles. The van der Waals surface area contributed by atoms with Crippen LogP contribution in [0.25, 0.3) is 0 Å². The first-order valence-corrected chi connectivity index (χ1v) is 18.0. The van der Waals surface area contributed by atoms with Crippen LogP contribution >= 0.6 is 0 Å². The van der Waals surface area contributed by atoms with Crippen molar-refractivity contribution in [3.63, 3.8) is 0 Å². The van der Waals surface area contributed by atoms with E-state index in [0.29, 0.717) is 51.8 Å². The van der Waals surface area contributed by atoms with E-state index in [-0.39, 0.29) is 0 Å². The maximum atomic E-state index is 11.2. The van der Waals surface area contributed by atoms with E-state index in [9.17, 15) is 9.90 Å². The number of carboxylic acids is 1. The van der Waals surface area contributed by atoms with E-state index in [1.54, 1.807) is 5.57 Å². The van der Waals surface area contributed by atoms with Gasteiger partial charge in [-0.25, -0.2) is 0 Å². The molecule has 0 unspecified atom stereocenters. The SMILES string of the molecule is CC(C)[Si](O[C@H]1CC[C@@]2(C)C(=CC[C@H]3[C@@H]4CC[C@H]([C@H](C)CCC(=O)O)[C@@]4(C)CC[C@@H]32)C1)(C(C)C)C(C)C. The molecular formula is C33H58O3Si. The van der Waals surface area contributed by atoms with Gasteiger partial charge in [-0.05, 0) is 115 Å². The summed E-state index contributed by atoms with van der Waals surface area (Å²) in [4.78, 5) is 11.2. The second-order valence-electron chi connectivity index (χ2n) is 15.2. The van der Waals surface area contributed by atoms with Crippen LogP contribution in [0.2, 0.25) is 16.6 Å². The van der Waals surface area contributed by atoms with Crippen molar-refractivity contribution in [2.45, 2.75) is 149 Å². The van der Waals surface area contributed by atoms with Crippen molar-refractivity contribution in [1.82, 2.24) is 0 Å². The molecule has 4 rings (SSSR count). The molecule has 0 aromatic rings. The average Bonchev–Trinajstić information content (AvgIpc) is 3.17. The van der Waals surface area contributed by atoms with E-state index >= 15 is 0 Å². The number of hydrogen-bond acceptors (Lipinski definition) is 2. The molecule has 0 bridgehead atoms. The highest BCUT2D eigenvalue weighted by atomic mass is 28.4. The van der Waals surface area contributed by atoms with Crippen molar-refractivity contribution in [3.05, 3.63) is 11.6 Å². The molecule has 1 N–H and O–H groups in total. The summed E-state index contributed by atoms with van der Waals surface area (Å²) in [7, 11) is -1.85. The van der Waals surface area contributed by atoms with E-state index in [0.717, 1.165) is 30.6 Å². The highest BCUT2D eigenvalue weighted by Crippen LogP contribution is 2.67. The minimum atomic E-state index is -1.85. The van der Waals surface area contributed by atoms with Crippen LogP contribution in [-0.4, -0.2) is 25.5 Å². The van der Waals surface area contributed by atoms with Crippen molar-refractivity contribution in [2.75, 3.05) is 0 Å². The Hall–Kier alpha value is -0.613. The van der Waals surface area contributed by atoms with Crippen LogP contribution in [0, 0.1) is 40.4 Å². The first-order chi connectivity index (χ1) is 17.3. The van der Waals surface area contributed by atoms with Gasteiger partial charge in [-0.3, -0.25) is 4.79 Å². The Morgan fingerprint density at radius 3 is 2.22 bits per heavy atom. The normalized spacial score (nSPS) is 38.8. The Labute approximate surface area is 229 Å². The minimum Gasteiger partial charge on any atom is -0.481 e. The lowest BCUT2D eigenvalue weighted by atomic mass is 9.47. The first kappa shape index (κ1) is 29.4. The van der Waals surface area contributed by atoms with E-state index in [4.69, 9.17) is 4.43 Å². The molecule has 8 atom stereocenters. The zero-order valence-corrected chi connectivity index (χ0v) is 26.6. The van der Waals surface area contributed by atoms with E-state index in [2.05, 4.69) is 68.4 Å². The summed E-state index contributed by atoms with van der Waals surface area (Å²) >= 11 is 0. The van der Waals surface area contributed by atoms with E-state index in [1.165, 1.54) is 44.9 Å². The third-order valence-electron chi connectivity index (χ3n) is 12.7. The van der Waals surface area contributed by atoms with Gasteiger partial charge in [0, 0.05) is 12.5 Å². The van der Waals surface area contributed by atoms with Gasteiger partial charge in [-0.2, -0.15) is 0 Å². The molecule has 4 heteroatoms. The molecule has 0 aliphatic heterocycles. The largest absolute Gasteiger partial charge is 0.481 e. The second-order valence-corrected chi connectivity index (χ2v) is 20.6.